The van der Waals surface area contributed by atoms with Crippen LogP contribution >= 0.6 is 11.6 Å². The minimum atomic E-state index is 0.242. The number of anilines is 2. The van der Waals surface area contributed by atoms with Crippen molar-refractivity contribution in [3.05, 3.63) is 47.5 Å². The molecule has 1 atom stereocenters. The predicted octanol–water partition coefficient (Wildman–Crippen LogP) is 3.63. The molecule has 6 heteroatoms. The molecule has 144 valence electrons. The highest BCUT2D eigenvalue weighted by Gasteiger charge is 2.25. The molecule has 2 N–H and O–H groups in total. The molecule has 27 heavy (non-hydrogen) atoms. The summed E-state index contributed by atoms with van der Waals surface area (Å²) >= 11 is 6.26. The fourth-order valence-electron chi connectivity index (χ4n) is 4.01. The Kier molecular flexibility index (Phi) is 5.83. The molecular formula is C21H26ClN3O2. The van der Waals surface area contributed by atoms with Crippen LogP contribution in [0.1, 0.15) is 12.8 Å². The lowest BCUT2D eigenvalue weighted by Crippen LogP contribution is -2.52. The highest BCUT2D eigenvalue weighted by molar-refractivity contribution is 6.31. The number of para-hydroxylation sites is 2. The molecule has 1 unspecified atom stereocenters. The second kappa shape index (κ2) is 8.48. The summed E-state index contributed by atoms with van der Waals surface area (Å²) in [5.74, 6) is 1.73. The Hall–Kier alpha value is -1.79. The van der Waals surface area contributed by atoms with Crippen molar-refractivity contribution in [1.29, 1.82) is 0 Å². The molecule has 0 spiro atoms. The van der Waals surface area contributed by atoms with Gasteiger partial charge in [-0.25, -0.2) is 0 Å². The van der Waals surface area contributed by atoms with Crippen molar-refractivity contribution in [2.24, 2.45) is 0 Å². The minimum Gasteiger partial charge on any atom is -0.453 e. The van der Waals surface area contributed by atoms with E-state index in [-0.39, 0.29) is 6.61 Å². The zero-order valence-electron chi connectivity index (χ0n) is 15.4. The van der Waals surface area contributed by atoms with Gasteiger partial charge < -0.3 is 20.1 Å². The number of ether oxygens (including phenoxy) is 1. The van der Waals surface area contributed by atoms with Crippen LogP contribution in [0.2, 0.25) is 5.02 Å². The zero-order chi connectivity index (χ0) is 18.6. The smallest absolute Gasteiger partial charge is 0.151 e. The average Bonchev–Trinajstić information content (AvgIpc) is 2.69. The summed E-state index contributed by atoms with van der Waals surface area (Å²) in [4.78, 5) is 4.81. The van der Waals surface area contributed by atoms with Crippen molar-refractivity contribution in [1.82, 2.24) is 10.2 Å². The number of nitrogens with zero attached hydrogens (tertiary/aromatic N) is 2. The van der Waals surface area contributed by atoms with Crippen LogP contribution in [0, 0.1) is 0 Å². The number of rotatable bonds is 6. The van der Waals surface area contributed by atoms with Crippen LogP contribution in [0.5, 0.6) is 11.5 Å². The van der Waals surface area contributed by atoms with Gasteiger partial charge in [0.05, 0.1) is 11.4 Å². The first-order valence-electron chi connectivity index (χ1n) is 9.66. The first-order chi connectivity index (χ1) is 13.3. The van der Waals surface area contributed by atoms with E-state index < -0.39 is 0 Å². The summed E-state index contributed by atoms with van der Waals surface area (Å²) in [5.41, 5.74) is 2.10. The van der Waals surface area contributed by atoms with Crippen LogP contribution in [0.25, 0.3) is 0 Å². The molecule has 2 aromatic rings. The molecule has 0 bridgehead atoms. The zero-order valence-corrected chi connectivity index (χ0v) is 16.2. The third kappa shape index (κ3) is 4.06. The predicted molar refractivity (Wildman–Crippen MR) is 110 cm³/mol. The number of fused-ring (bicyclic) bond motifs is 2. The van der Waals surface area contributed by atoms with E-state index in [1.54, 1.807) is 0 Å². The van der Waals surface area contributed by atoms with Gasteiger partial charge in [-0.3, -0.25) is 4.90 Å². The van der Waals surface area contributed by atoms with Gasteiger partial charge in [0.15, 0.2) is 11.5 Å². The van der Waals surface area contributed by atoms with E-state index in [1.165, 1.54) is 0 Å². The Morgan fingerprint density at radius 2 is 1.96 bits per heavy atom. The summed E-state index contributed by atoms with van der Waals surface area (Å²) in [6.07, 6.45) is 1.86. The Bertz CT molecular complexity index is 784. The number of hydrogen-bond donors (Lipinski definition) is 2. The molecule has 0 radical (unpaired) electrons. The molecule has 5 nitrogen and oxygen atoms in total. The van der Waals surface area contributed by atoms with Crippen molar-refractivity contribution < 1.29 is 9.84 Å². The summed E-state index contributed by atoms with van der Waals surface area (Å²) in [7, 11) is 0. The molecule has 2 aliphatic heterocycles. The number of hydrogen-bond acceptors (Lipinski definition) is 5. The lowest BCUT2D eigenvalue weighted by molar-refractivity contribution is 0.130. The van der Waals surface area contributed by atoms with E-state index in [1.807, 2.05) is 36.4 Å². The van der Waals surface area contributed by atoms with Crippen LogP contribution in [0.4, 0.5) is 11.4 Å². The third-order valence-corrected chi connectivity index (χ3v) is 5.58. The largest absolute Gasteiger partial charge is 0.453 e. The number of piperazine rings is 1. The van der Waals surface area contributed by atoms with Crippen LogP contribution in [-0.4, -0.2) is 55.4 Å². The van der Waals surface area contributed by atoms with Gasteiger partial charge in [0.25, 0.3) is 0 Å². The van der Waals surface area contributed by atoms with Gasteiger partial charge in [-0.2, -0.15) is 0 Å². The fourth-order valence-corrected chi connectivity index (χ4v) is 4.17. The molecule has 2 aromatic carbocycles. The van der Waals surface area contributed by atoms with Crippen LogP contribution < -0.4 is 15.0 Å². The molecule has 0 aromatic heterocycles. The minimum absolute atomic E-state index is 0.242. The Labute approximate surface area is 165 Å². The number of aliphatic hydroxyl groups excluding tert-OH is 1. The van der Waals surface area contributed by atoms with Crippen LogP contribution in [0.15, 0.2) is 42.5 Å². The van der Waals surface area contributed by atoms with Gasteiger partial charge in [0.1, 0.15) is 0 Å². The molecular weight excluding hydrogens is 362 g/mol. The fraction of sp³-hybridized carbons (Fsp3) is 0.429. The number of benzene rings is 2. The highest BCUT2D eigenvalue weighted by atomic mass is 35.5. The van der Waals surface area contributed by atoms with Crippen LogP contribution in [-0.2, 0) is 0 Å². The van der Waals surface area contributed by atoms with Gasteiger partial charge in [-0.05, 0) is 43.2 Å². The molecule has 1 fully saturated rings. The number of nitrogens with one attached hydrogen (secondary N) is 1. The second-order valence-electron chi connectivity index (χ2n) is 7.09. The van der Waals surface area contributed by atoms with E-state index in [2.05, 4.69) is 21.2 Å². The van der Waals surface area contributed by atoms with E-state index in [0.717, 1.165) is 68.4 Å². The normalized spacial score (nSPS) is 19.3. The van der Waals surface area contributed by atoms with E-state index in [0.29, 0.717) is 11.1 Å². The Morgan fingerprint density at radius 3 is 2.85 bits per heavy atom. The number of aliphatic hydroxyl groups is 1. The quantitative estimate of drug-likeness (QED) is 0.792. The summed E-state index contributed by atoms with van der Waals surface area (Å²) < 4.78 is 6.06. The van der Waals surface area contributed by atoms with Crippen molar-refractivity contribution in [2.45, 2.75) is 18.9 Å². The van der Waals surface area contributed by atoms with Crippen LogP contribution in [0.3, 0.4) is 0 Å². The molecule has 4 rings (SSSR count). The first-order valence-corrected chi connectivity index (χ1v) is 10.0. The molecule has 2 aliphatic rings. The topological polar surface area (TPSA) is 48.0 Å². The Morgan fingerprint density at radius 1 is 1.11 bits per heavy atom. The lowest BCUT2D eigenvalue weighted by atomic mass is 10.1. The monoisotopic (exact) mass is 387 g/mol. The highest BCUT2D eigenvalue weighted by Crippen LogP contribution is 2.47. The van der Waals surface area contributed by atoms with E-state index >= 15 is 0 Å². The van der Waals surface area contributed by atoms with Gasteiger partial charge in [-0.15, -0.1) is 0 Å². The summed E-state index contributed by atoms with van der Waals surface area (Å²) in [5, 5.41) is 13.5. The first kappa shape index (κ1) is 18.6. The van der Waals surface area contributed by atoms with E-state index in [9.17, 15) is 5.11 Å². The Balaban J connectivity index is 1.49. The molecule has 0 amide bonds. The van der Waals surface area contributed by atoms with E-state index in [4.69, 9.17) is 16.3 Å². The number of halogens is 1. The summed E-state index contributed by atoms with van der Waals surface area (Å²) in [6.45, 7) is 5.16. The van der Waals surface area contributed by atoms with Crippen molar-refractivity contribution >= 4 is 23.0 Å². The maximum Gasteiger partial charge on any atom is 0.151 e. The summed E-state index contributed by atoms with van der Waals surface area (Å²) in [6, 6.07) is 14.3. The van der Waals surface area contributed by atoms with Crippen molar-refractivity contribution in [3.63, 3.8) is 0 Å². The second-order valence-corrected chi connectivity index (χ2v) is 7.53. The molecule has 0 aliphatic carbocycles. The molecule has 0 saturated carbocycles. The maximum absolute atomic E-state index is 9.32. The van der Waals surface area contributed by atoms with Gasteiger partial charge >= 0.3 is 0 Å². The molecule has 2 heterocycles. The standard InChI is InChI=1S/C21H26ClN3O2/c22-16-6-7-21-19(14-16)25(18-4-1-2-5-20(18)27-21)11-3-10-24-12-9-23-15-17(24)8-13-26/h1-2,4-7,14,17,23,26H,3,8-13,15H2. The van der Waals surface area contributed by atoms with Gasteiger partial charge in [-0.1, -0.05) is 23.7 Å². The maximum atomic E-state index is 9.32. The molecule has 1 saturated heterocycles. The lowest BCUT2D eigenvalue weighted by Gasteiger charge is -2.37. The SMILES string of the molecule is OCCC1CNCCN1CCCN1c2ccccc2Oc2ccc(Cl)cc21. The van der Waals surface area contributed by atoms with Crippen molar-refractivity contribution in [2.75, 3.05) is 44.2 Å². The van der Waals surface area contributed by atoms with Gasteiger partial charge in [0.2, 0.25) is 0 Å². The van der Waals surface area contributed by atoms with Gasteiger partial charge in [0, 0.05) is 50.4 Å². The van der Waals surface area contributed by atoms with Crippen molar-refractivity contribution in [3.8, 4) is 11.5 Å². The average molecular weight is 388 g/mol. The third-order valence-electron chi connectivity index (χ3n) is 5.35.